The van der Waals surface area contributed by atoms with Crippen molar-refractivity contribution in [3.05, 3.63) is 59.7 Å². The highest BCUT2D eigenvalue weighted by Gasteiger charge is 2.08. The number of aryl methyl sites for hydroxylation is 1. The average Bonchev–Trinajstić information content (AvgIpc) is 3.11. The summed E-state index contributed by atoms with van der Waals surface area (Å²) in [5, 5.41) is 8.34. The Morgan fingerprint density at radius 3 is 2.42 bits per heavy atom. The zero-order chi connectivity index (χ0) is 18.4. The number of hydrogen-bond donors (Lipinski definition) is 2. The fraction of sp³-hybridized carbons (Fsp3) is 0.158. The Labute approximate surface area is 155 Å². The normalized spacial score (nSPS) is 10.3. The van der Waals surface area contributed by atoms with Crippen LogP contribution in [0, 0.1) is 0 Å². The number of pyridine rings is 1. The molecule has 0 spiro atoms. The molecule has 2 N–H and O–H groups in total. The Morgan fingerprint density at radius 2 is 1.77 bits per heavy atom. The summed E-state index contributed by atoms with van der Waals surface area (Å²) in [6.45, 7) is 1.45. The van der Waals surface area contributed by atoms with Crippen molar-refractivity contribution in [2.45, 2.75) is 19.8 Å². The van der Waals surface area contributed by atoms with Crippen LogP contribution in [0.1, 0.15) is 19.0 Å². The van der Waals surface area contributed by atoms with Crippen LogP contribution in [0.3, 0.4) is 0 Å². The van der Waals surface area contributed by atoms with Crippen LogP contribution in [0.5, 0.6) is 0 Å². The molecule has 0 saturated heterocycles. The van der Waals surface area contributed by atoms with E-state index in [0.717, 1.165) is 16.4 Å². The number of thiazole rings is 1. The van der Waals surface area contributed by atoms with Gasteiger partial charge in [0.05, 0.1) is 11.4 Å². The lowest BCUT2D eigenvalue weighted by Crippen LogP contribution is -2.12. The van der Waals surface area contributed by atoms with Gasteiger partial charge in [-0.2, -0.15) is 0 Å². The highest BCUT2D eigenvalue weighted by atomic mass is 32.1. The summed E-state index contributed by atoms with van der Waals surface area (Å²) in [5.41, 5.74) is 3.11. The number of nitrogens with one attached hydrogen (secondary N) is 2. The SMILES string of the molecule is CC(=O)Nc1ccc(NC(=O)CCc2csc(-c3ccccn3)n2)cc1. The van der Waals surface area contributed by atoms with E-state index < -0.39 is 0 Å². The molecule has 0 unspecified atom stereocenters. The minimum atomic E-state index is -0.130. The molecule has 2 heterocycles. The number of aromatic nitrogens is 2. The lowest BCUT2D eigenvalue weighted by atomic mass is 10.2. The lowest BCUT2D eigenvalue weighted by molar-refractivity contribution is -0.116. The van der Waals surface area contributed by atoms with Crippen molar-refractivity contribution >= 4 is 34.5 Å². The molecular formula is C19H18N4O2S. The van der Waals surface area contributed by atoms with Crippen LogP contribution in [0.2, 0.25) is 0 Å². The van der Waals surface area contributed by atoms with Crippen LogP contribution >= 0.6 is 11.3 Å². The van der Waals surface area contributed by atoms with E-state index in [-0.39, 0.29) is 11.8 Å². The van der Waals surface area contributed by atoms with Gasteiger partial charge in [0.1, 0.15) is 5.01 Å². The van der Waals surface area contributed by atoms with Crippen LogP contribution in [0.4, 0.5) is 11.4 Å². The second-order valence-corrected chi connectivity index (χ2v) is 6.52. The van der Waals surface area contributed by atoms with Gasteiger partial charge in [0.15, 0.2) is 0 Å². The smallest absolute Gasteiger partial charge is 0.224 e. The molecule has 3 rings (SSSR count). The third kappa shape index (κ3) is 4.97. The second kappa shape index (κ2) is 8.35. The molecule has 0 aliphatic carbocycles. The standard InChI is InChI=1S/C19H18N4O2S/c1-13(24)21-14-5-7-15(8-6-14)22-18(25)10-9-16-12-26-19(23-16)17-4-2-3-11-20-17/h2-8,11-12H,9-10H2,1H3,(H,21,24)(H,22,25). The average molecular weight is 366 g/mol. The van der Waals surface area contributed by atoms with E-state index in [0.29, 0.717) is 24.2 Å². The second-order valence-electron chi connectivity index (χ2n) is 5.67. The van der Waals surface area contributed by atoms with Gasteiger partial charge in [0.25, 0.3) is 0 Å². The number of anilines is 2. The van der Waals surface area contributed by atoms with E-state index in [1.807, 2.05) is 23.6 Å². The number of carbonyl (C=O) groups excluding carboxylic acids is 2. The molecule has 0 saturated carbocycles. The van der Waals surface area contributed by atoms with E-state index in [2.05, 4.69) is 20.6 Å². The van der Waals surface area contributed by atoms with Gasteiger partial charge in [-0.15, -0.1) is 11.3 Å². The molecule has 0 radical (unpaired) electrons. The van der Waals surface area contributed by atoms with Crippen molar-refractivity contribution in [3.63, 3.8) is 0 Å². The Balaban J connectivity index is 1.51. The van der Waals surface area contributed by atoms with Gasteiger partial charge in [-0.25, -0.2) is 4.98 Å². The maximum Gasteiger partial charge on any atom is 0.224 e. The van der Waals surface area contributed by atoms with Gasteiger partial charge in [0, 0.05) is 36.3 Å². The first-order valence-electron chi connectivity index (χ1n) is 8.13. The first kappa shape index (κ1) is 17.8. The highest BCUT2D eigenvalue weighted by molar-refractivity contribution is 7.13. The molecule has 2 amide bonds. The summed E-state index contributed by atoms with van der Waals surface area (Å²) in [7, 11) is 0. The van der Waals surface area contributed by atoms with Crippen LogP contribution in [-0.2, 0) is 16.0 Å². The first-order valence-corrected chi connectivity index (χ1v) is 9.01. The molecule has 2 aromatic heterocycles. The summed E-state index contributed by atoms with van der Waals surface area (Å²) >= 11 is 1.52. The summed E-state index contributed by atoms with van der Waals surface area (Å²) in [4.78, 5) is 31.9. The molecule has 3 aromatic rings. The number of rotatable bonds is 6. The summed E-state index contributed by atoms with van der Waals surface area (Å²) < 4.78 is 0. The monoisotopic (exact) mass is 366 g/mol. The van der Waals surface area contributed by atoms with Gasteiger partial charge in [0.2, 0.25) is 11.8 Å². The van der Waals surface area contributed by atoms with Crippen molar-refractivity contribution in [2.75, 3.05) is 10.6 Å². The maximum atomic E-state index is 12.1. The Hall–Kier alpha value is -3.06. The molecule has 0 aliphatic heterocycles. The lowest BCUT2D eigenvalue weighted by Gasteiger charge is -2.06. The van der Waals surface area contributed by atoms with Gasteiger partial charge in [-0.3, -0.25) is 14.6 Å². The molecule has 132 valence electrons. The zero-order valence-electron chi connectivity index (χ0n) is 14.2. The number of carbonyl (C=O) groups is 2. The van der Waals surface area contributed by atoms with Crippen LogP contribution in [-0.4, -0.2) is 21.8 Å². The number of hydrogen-bond acceptors (Lipinski definition) is 5. The summed E-state index contributed by atoms with van der Waals surface area (Å²) in [5.74, 6) is -0.209. The van der Waals surface area contributed by atoms with E-state index >= 15 is 0 Å². The summed E-state index contributed by atoms with van der Waals surface area (Å²) in [6.07, 6.45) is 2.65. The predicted molar refractivity (Wildman–Crippen MR) is 103 cm³/mol. The molecule has 0 bridgehead atoms. The molecule has 6 nitrogen and oxygen atoms in total. The number of amides is 2. The van der Waals surface area contributed by atoms with Crippen molar-refractivity contribution in [1.29, 1.82) is 0 Å². The largest absolute Gasteiger partial charge is 0.326 e. The molecule has 7 heteroatoms. The minimum absolute atomic E-state index is 0.0790. The highest BCUT2D eigenvalue weighted by Crippen LogP contribution is 2.22. The fourth-order valence-electron chi connectivity index (χ4n) is 2.33. The number of benzene rings is 1. The summed E-state index contributed by atoms with van der Waals surface area (Å²) in [6, 6.07) is 12.7. The van der Waals surface area contributed by atoms with Crippen LogP contribution in [0.25, 0.3) is 10.7 Å². The first-order chi connectivity index (χ1) is 12.6. The minimum Gasteiger partial charge on any atom is -0.326 e. The Morgan fingerprint density at radius 1 is 1.04 bits per heavy atom. The van der Waals surface area contributed by atoms with E-state index in [4.69, 9.17) is 0 Å². The molecule has 0 fully saturated rings. The number of nitrogens with zero attached hydrogens (tertiary/aromatic N) is 2. The van der Waals surface area contributed by atoms with E-state index in [9.17, 15) is 9.59 Å². The third-order valence-electron chi connectivity index (χ3n) is 3.53. The van der Waals surface area contributed by atoms with Crippen molar-refractivity contribution in [2.24, 2.45) is 0 Å². The van der Waals surface area contributed by atoms with E-state index in [1.165, 1.54) is 18.3 Å². The Kier molecular flexibility index (Phi) is 5.70. The zero-order valence-corrected chi connectivity index (χ0v) is 15.0. The molecule has 1 aromatic carbocycles. The maximum absolute atomic E-state index is 12.1. The van der Waals surface area contributed by atoms with Crippen LogP contribution < -0.4 is 10.6 Å². The predicted octanol–water partition coefficient (Wildman–Crippen LogP) is 3.73. The van der Waals surface area contributed by atoms with Gasteiger partial charge < -0.3 is 10.6 Å². The molecule has 0 atom stereocenters. The molecule has 26 heavy (non-hydrogen) atoms. The fourth-order valence-corrected chi connectivity index (χ4v) is 3.16. The van der Waals surface area contributed by atoms with Gasteiger partial charge in [-0.05, 0) is 42.8 Å². The van der Waals surface area contributed by atoms with Crippen LogP contribution in [0.15, 0.2) is 54.0 Å². The Bertz CT molecular complexity index is 891. The topological polar surface area (TPSA) is 84.0 Å². The van der Waals surface area contributed by atoms with Crippen molar-refractivity contribution in [1.82, 2.24) is 9.97 Å². The van der Waals surface area contributed by atoms with E-state index in [1.54, 1.807) is 30.5 Å². The van der Waals surface area contributed by atoms with Crippen molar-refractivity contribution in [3.8, 4) is 10.7 Å². The molecular weight excluding hydrogens is 348 g/mol. The quantitative estimate of drug-likeness (QED) is 0.696. The third-order valence-corrected chi connectivity index (χ3v) is 4.45. The van der Waals surface area contributed by atoms with Crippen molar-refractivity contribution < 1.29 is 9.59 Å². The molecule has 0 aliphatic rings. The van der Waals surface area contributed by atoms with Gasteiger partial charge >= 0.3 is 0 Å². The van der Waals surface area contributed by atoms with Gasteiger partial charge in [-0.1, -0.05) is 6.07 Å².